The lowest BCUT2D eigenvalue weighted by molar-refractivity contribution is -0.121. The molecule has 1 aromatic rings. The number of amides is 3. The Bertz CT molecular complexity index is 448. The van der Waals surface area contributed by atoms with Crippen LogP contribution >= 0.6 is 11.6 Å². The van der Waals surface area contributed by atoms with Gasteiger partial charge in [-0.2, -0.15) is 0 Å². The first-order valence-electron chi connectivity index (χ1n) is 5.98. The molecule has 104 valence electrons. The second-order valence-corrected chi connectivity index (χ2v) is 4.67. The van der Waals surface area contributed by atoms with Gasteiger partial charge in [-0.1, -0.05) is 23.7 Å². The van der Waals surface area contributed by atoms with E-state index in [1.807, 2.05) is 19.1 Å². The third kappa shape index (κ3) is 4.89. The van der Waals surface area contributed by atoms with Gasteiger partial charge in [0.25, 0.3) is 0 Å². The Kier molecular flexibility index (Phi) is 5.79. The molecule has 0 saturated heterocycles. The van der Waals surface area contributed by atoms with Crippen LogP contribution < -0.4 is 16.0 Å². The molecule has 5 nitrogen and oxygen atoms in total. The molecule has 0 fully saturated rings. The Balaban J connectivity index is 2.56. The van der Waals surface area contributed by atoms with Gasteiger partial charge in [-0.15, -0.1) is 0 Å². The summed E-state index contributed by atoms with van der Waals surface area (Å²) in [6, 6.07) is 6.35. The van der Waals surface area contributed by atoms with Crippen LogP contribution in [-0.2, 0) is 4.79 Å². The van der Waals surface area contributed by atoms with Crippen LogP contribution in [0.1, 0.15) is 25.5 Å². The Morgan fingerprint density at radius 2 is 1.74 bits per heavy atom. The average molecular weight is 284 g/mol. The first kappa shape index (κ1) is 15.5. The van der Waals surface area contributed by atoms with Gasteiger partial charge < -0.3 is 5.32 Å². The lowest BCUT2D eigenvalue weighted by Crippen LogP contribution is -2.47. The quantitative estimate of drug-likeness (QED) is 0.790. The summed E-state index contributed by atoms with van der Waals surface area (Å²) < 4.78 is 0. The average Bonchev–Trinajstić information content (AvgIpc) is 2.38. The number of hydrogen-bond acceptors (Lipinski definition) is 3. The highest BCUT2D eigenvalue weighted by Crippen LogP contribution is 2.16. The predicted molar refractivity (Wildman–Crippen MR) is 75.1 cm³/mol. The molecule has 0 aliphatic heterocycles. The SMILES string of the molecule is CNC(=O)NC(=O)[C@H](C)N[C@H](C)c1ccc(Cl)cc1. The number of carbonyl (C=O) groups excluding carboxylic acids is 2. The summed E-state index contributed by atoms with van der Waals surface area (Å²) >= 11 is 5.82. The normalized spacial score (nSPS) is 13.5. The molecular weight excluding hydrogens is 266 g/mol. The number of rotatable bonds is 4. The molecule has 0 aliphatic carbocycles. The maximum absolute atomic E-state index is 11.7. The Labute approximate surface area is 117 Å². The van der Waals surface area contributed by atoms with E-state index in [0.717, 1.165) is 5.56 Å². The topological polar surface area (TPSA) is 70.2 Å². The molecule has 2 atom stereocenters. The van der Waals surface area contributed by atoms with E-state index in [-0.39, 0.29) is 11.9 Å². The maximum atomic E-state index is 11.7. The summed E-state index contributed by atoms with van der Waals surface area (Å²) in [5.41, 5.74) is 1.02. The molecule has 0 aromatic heterocycles. The summed E-state index contributed by atoms with van der Waals surface area (Å²) in [6.07, 6.45) is 0. The highest BCUT2D eigenvalue weighted by atomic mass is 35.5. The maximum Gasteiger partial charge on any atom is 0.321 e. The monoisotopic (exact) mass is 283 g/mol. The van der Waals surface area contributed by atoms with Crippen molar-refractivity contribution >= 4 is 23.5 Å². The second-order valence-electron chi connectivity index (χ2n) is 4.23. The molecule has 19 heavy (non-hydrogen) atoms. The molecule has 0 aliphatic rings. The minimum Gasteiger partial charge on any atom is -0.341 e. The van der Waals surface area contributed by atoms with Crippen molar-refractivity contribution in [3.8, 4) is 0 Å². The standard InChI is InChI=1S/C13H18ClN3O2/c1-8(10-4-6-11(14)7-5-10)16-9(2)12(18)17-13(19)15-3/h4-9,16H,1-3H3,(H2,15,17,18,19)/t8-,9+/m1/s1. The van der Waals surface area contributed by atoms with E-state index in [4.69, 9.17) is 11.6 Å². The van der Waals surface area contributed by atoms with Crippen molar-refractivity contribution in [2.75, 3.05) is 7.05 Å². The minimum absolute atomic E-state index is 0.0253. The number of carbonyl (C=O) groups is 2. The Morgan fingerprint density at radius 3 is 2.26 bits per heavy atom. The van der Waals surface area contributed by atoms with Crippen molar-refractivity contribution in [2.24, 2.45) is 0 Å². The zero-order chi connectivity index (χ0) is 14.4. The lowest BCUT2D eigenvalue weighted by atomic mass is 10.1. The van der Waals surface area contributed by atoms with Crippen molar-refractivity contribution in [3.05, 3.63) is 34.9 Å². The van der Waals surface area contributed by atoms with Crippen LogP contribution in [0.5, 0.6) is 0 Å². The zero-order valence-electron chi connectivity index (χ0n) is 11.2. The van der Waals surface area contributed by atoms with Gasteiger partial charge in [0.05, 0.1) is 6.04 Å². The van der Waals surface area contributed by atoms with E-state index in [0.29, 0.717) is 5.02 Å². The van der Waals surface area contributed by atoms with Crippen molar-refractivity contribution in [3.63, 3.8) is 0 Å². The van der Waals surface area contributed by atoms with Gasteiger partial charge in [-0.3, -0.25) is 15.4 Å². The minimum atomic E-state index is -0.516. The fraction of sp³-hybridized carbons (Fsp3) is 0.385. The first-order valence-corrected chi connectivity index (χ1v) is 6.36. The summed E-state index contributed by atoms with van der Waals surface area (Å²) in [4.78, 5) is 22.7. The smallest absolute Gasteiger partial charge is 0.321 e. The fourth-order valence-corrected chi connectivity index (χ4v) is 1.71. The Hall–Kier alpha value is -1.59. The largest absolute Gasteiger partial charge is 0.341 e. The fourth-order valence-electron chi connectivity index (χ4n) is 1.58. The summed E-state index contributed by atoms with van der Waals surface area (Å²) in [5, 5.41) is 8.33. The molecule has 0 radical (unpaired) electrons. The molecule has 0 bridgehead atoms. The van der Waals surface area contributed by atoms with Gasteiger partial charge in [0.2, 0.25) is 5.91 Å². The zero-order valence-corrected chi connectivity index (χ0v) is 11.9. The third-order valence-corrected chi connectivity index (χ3v) is 2.98. The number of hydrogen-bond donors (Lipinski definition) is 3. The van der Waals surface area contributed by atoms with Crippen molar-refractivity contribution < 1.29 is 9.59 Å². The number of benzene rings is 1. The molecule has 0 unspecified atom stereocenters. The molecule has 0 heterocycles. The van der Waals surface area contributed by atoms with E-state index >= 15 is 0 Å². The Morgan fingerprint density at radius 1 is 1.16 bits per heavy atom. The van der Waals surface area contributed by atoms with Gasteiger partial charge in [-0.05, 0) is 31.5 Å². The molecule has 1 rings (SSSR count). The third-order valence-electron chi connectivity index (χ3n) is 2.73. The molecule has 3 N–H and O–H groups in total. The molecule has 1 aromatic carbocycles. The van der Waals surface area contributed by atoms with Crippen molar-refractivity contribution in [1.82, 2.24) is 16.0 Å². The second kappa shape index (κ2) is 7.11. The van der Waals surface area contributed by atoms with Crippen LogP contribution in [0.2, 0.25) is 5.02 Å². The molecular formula is C13H18ClN3O2. The number of nitrogens with one attached hydrogen (secondary N) is 3. The van der Waals surface area contributed by atoms with Crippen LogP contribution in [0.15, 0.2) is 24.3 Å². The summed E-state index contributed by atoms with van der Waals surface area (Å²) in [6.45, 7) is 3.64. The highest BCUT2D eigenvalue weighted by molar-refractivity contribution is 6.30. The van der Waals surface area contributed by atoms with E-state index in [1.165, 1.54) is 7.05 Å². The van der Waals surface area contributed by atoms with Crippen LogP contribution in [0.3, 0.4) is 0 Å². The van der Waals surface area contributed by atoms with Gasteiger partial charge in [0, 0.05) is 18.1 Å². The van der Waals surface area contributed by atoms with Gasteiger partial charge >= 0.3 is 6.03 Å². The van der Waals surface area contributed by atoms with E-state index in [1.54, 1.807) is 19.1 Å². The number of urea groups is 1. The van der Waals surface area contributed by atoms with Crippen LogP contribution in [0.4, 0.5) is 4.79 Å². The number of imide groups is 1. The summed E-state index contributed by atoms with van der Waals surface area (Å²) in [7, 11) is 1.46. The van der Waals surface area contributed by atoms with Gasteiger partial charge in [0.1, 0.15) is 0 Å². The first-order chi connectivity index (χ1) is 8.93. The lowest BCUT2D eigenvalue weighted by Gasteiger charge is -2.19. The molecule has 3 amide bonds. The van der Waals surface area contributed by atoms with Crippen LogP contribution in [-0.4, -0.2) is 25.0 Å². The summed E-state index contributed by atoms with van der Waals surface area (Å²) in [5.74, 6) is -0.375. The van der Waals surface area contributed by atoms with Crippen LogP contribution in [0, 0.1) is 0 Å². The van der Waals surface area contributed by atoms with Gasteiger partial charge in [0.15, 0.2) is 0 Å². The molecule has 6 heteroatoms. The number of halogens is 1. The predicted octanol–water partition coefficient (Wildman–Crippen LogP) is 1.83. The van der Waals surface area contributed by atoms with Crippen molar-refractivity contribution in [2.45, 2.75) is 25.9 Å². The van der Waals surface area contributed by atoms with E-state index in [9.17, 15) is 9.59 Å². The van der Waals surface area contributed by atoms with Gasteiger partial charge in [-0.25, -0.2) is 4.79 Å². The van der Waals surface area contributed by atoms with Crippen LogP contribution in [0.25, 0.3) is 0 Å². The molecule has 0 spiro atoms. The van der Waals surface area contributed by atoms with Crippen molar-refractivity contribution in [1.29, 1.82) is 0 Å². The van der Waals surface area contributed by atoms with E-state index in [2.05, 4.69) is 16.0 Å². The van der Waals surface area contributed by atoms with E-state index < -0.39 is 12.1 Å². The highest BCUT2D eigenvalue weighted by Gasteiger charge is 2.17. The molecule has 0 saturated carbocycles.